The van der Waals surface area contributed by atoms with Gasteiger partial charge in [-0.15, -0.1) is 10.2 Å². The van der Waals surface area contributed by atoms with Crippen molar-refractivity contribution in [1.82, 2.24) is 20.4 Å². The number of nitrogens with zero attached hydrogens (tertiary/aromatic N) is 3. The molecule has 6 heteroatoms. The Kier molecular flexibility index (Phi) is 7.93. The average molecular weight is 286 g/mol. The Hall–Kier alpha value is -0.720. The maximum absolute atomic E-state index is 5.62. The first-order chi connectivity index (χ1) is 9.15. The third kappa shape index (κ3) is 6.84. The van der Waals surface area contributed by atoms with Crippen LogP contribution in [0.4, 0.5) is 0 Å². The summed E-state index contributed by atoms with van der Waals surface area (Å²) in [6.07, 6.45) is 0. The molecule has 0 bridgehead atoms. The lowest BCUT2D eigenvalue weighted by Gasteiger charge is -2.16. The second-order valence-corrected chi connectivity index (χ2v) is 5.89. The van der Waals surface area contributed by atoms with Crippen LogP contribution in [0.25, 0.3) is 0 Å². The van der Waals surface area contributed by atoms with Crippen LogP contribution < -0.4 is 10.1 Å². The summed E-state index contributed by atoms with van der Waals surface area (Å²) in [5, 5.41) is 13.2. The number of rotatable bonds is 10. The van der Waals surface area contributed by atoms with Crippen LogP contribution in [-0.4, -0.2) is 47.9 Å². The molecule has 5 nitrogen and oxygen atoms in total. The third-order valence-electron chi connectivity index (χ3n) is 2.80. The molecular weight excluding hydrogens is 260 g/mol. The monoisotopic (exact) mass is 286 g/mol. The lowest BCUT2D eigenvalue weighted by Crippen LogP contribution is -2.27. The van der Waals surface area contributed by atoms with Crippen molar-refractivity contribution in [1.29, 1.82) is 0 Å². The van der Waals surface area contributed by atoms with E-state index in [2.05, 4.69) is 48.1 Å². The van der Waals surface area contributed by atoms with Crippen LogP contribution in [-0.2, 0) is 6.54 Å². The van der Waals surface area contributed by atoms with Crippen LogP contribution in [0.3, 0.4) is 0 Å². The van der Waals surface area contributed by atoms with Crippen LogP contribution in [0, 0.1) is 5.92 Å². The Balaban J connectivity index is 2.23. The number of aromatic nitrogens is 2. The minimum atomic E-state index is 0.651. The number of ether oxygens (including phenoxy) is 1. The molecule has 1 rings (SSSR count). The van der Waals surface area contributed by atoms with E-state index >= 15 is 0 Å². The molecule has 1 aromatic heterocycles. The highest BCUT2D eigenvalue weighted by atomic mass is 32.1. The normalized spacial score (nSPS) is 11.5. The molecule has 0 fully saturated rings. The minimum absolute atomic E-state index is 0.651. The predicted molar refractivity (Wildman–Crippen MR) is 79.7 cm³/mol. The fourth-order valence-electron chi connectivity index (χ4n) is 1.64. The molecule has 0 aliphatic heterocycles. The number of hydrogen-bond donors (Lipinski definition) is 1. The van der Waals surface area contributed by atoms with E-state index in [-0.39, 0.29) is 0 Å². The average Bonchev–Trinajstić information content (AvgIpc) is 2.82. The van der Waals surface area contributed by atoms with Crippen LogP contribution in [0.2, 0.25) is 0 Å². The molecule has 0 aromatic carbocycles. The van der Waals surface area contributed by atoms with E-state index in [1.54, 1.807) is 0 Å². The molecule has 0 unspecified atom stereocenters. The molecule has 1 N–H and O–H groups in total. The molecule has 0 radical (unpaired) electrons. The van der Waals surface area contributed by atoms with Gasteiger partial charge in [0.2, 0.25) is 0 Å². The van der Waals surface area contributed by atoms with E-state index in [1.165, 1.54) is 11.3 Å². The number of nitrogens with one attached hydrogen (secondary N) is 1. The Morgan fingerprint density at radius 2 is 2.00 bits per heavy atom. The van der Waals surface area contributed by atoms with Gasteiger partial charge in [0.25, 0.3) is 5.19 Å². The fraction of sp³-hybridized carbons (Fsp3) is 0.846. The van der Waals surface area contributed by atoms with Gasteiger partial charge in [-0.25, -0.2) is 0 Å². The molecule has 0 spiro atoms. The van der Waals surface area contributed by atoms with E-state index in [9.17, 15) is 0 Å². The van der Waals surface area contributed by atoms with Crippen molar-refractivity contribution >= 4 is 11.3 Å². The first-order valence-corrected chi connectivity index (χ1v) is 7.85. The summed E-state index contributed by atoms with van der Waals surface area (Å²) in [5.41, 5.74) is 0. The first-order valence-electron chi connectivity index (χ1n) is 7.03. The van der Waals surface area contributed by atoms with Crippen LogP contribution >= 0.6 is 11.3 Å². The van der Waals surface area contributed by atoms with Gasteiger partial charge in [0.1, 0.15) is 11.6 Å². The highest BCUT2D eigenvalue weighted by molar-refractivity contribution is 7.13. The molecule has 0 saturated carbocycles. The van der Waals surface area contributed by atoms with E-state index in [1.807, 2.05) is 0 Å². The van der Waals surface area contributed by atoms with E-state index in [0.717, 1.165) is 37.7 Å². The molecule has 0 aliphatic rings. The van der Waals surface area contributed by atoms with Gasteiger partial charge < -0.3 is 15.0 Å². The van der Waals surface area contributed by atoms with Gasteiger partial charge in [-0.2, -0.15) is 0 Å². The summed E-state index contributed by atoms with van der Waals surface area (Å²) in [6, 6.07) is 0. The summed E-state index contributed by atoms with van der Waals surface area (Å²) in [7, 11) is 0. The highest BCUT2D eigenvalue weighted by Crippen LogP contribution is 2.17. The van der Waals surface area contributed by atoms with Gasteiger partial charge in [-0.1, -0.05) is 39.0 Å². The van der Waals surface area contributed by atoms with Gasteiger partial charge in [-0.3, -0.25) is 0 Å². The highest BCUT2D eigenvalue weighted by Gasteiger charge is 2.06. The summed E-state index contributed by atoms with van der Waals surface area (Å²) >= 11 is 1.53. The SMILES string of the molecule is CCN(CC)CCOc1nnc(CNCC(C)C)s1. The van der Waals surface area contributed by atoms with Crippen molar-refractivity contribution in [2.24, 2.45) is 5.92 Å². The summed E-state index contributed by atoms with van der Waals surface area (Å²) in [5.74, 6) is 0.651. The van der Waals surface area contributed by atoms with Crippen molar-refractivity contribution in [2.45, 2.75) is 34.2 Å². The zero-order chi connectivity index (χ0) is 14.1. The van der Waals surface area contributed by atoms with Gasteiger partial charge in [0, 0.05) is 13.1 Å². The molecule has 19 heavy (non-hydrogen) atoms. The second kappa shape index (κ2) is 9.23. The zero-order valence-electron chi connectivity index (χ0n) is 12.5. The summed E-state index contributed by atoms with van der Waals surface area (Å²) < 4.78 is 5.62. The third-order valence-corrected chi connectivity index (χ3v) is 3.64. The molecule has 0 aliphatic carbocycles. The van der Waals surface area contributed by atoms with Crippen LogP contribution in [0.1, 0.15) is 32.7 Å². The van der Waals surface area contributed by atoms with Gasteiger partial charge in [0.05, 0.1) is 0 Å². The largest absolute Gasteiger partial charge is 0.468 e. The zero-order valence-corrected chi connectivity index (χ0v) is 13.3. The molecule has 0 amide bonds. The summed E-state index contributed by atoms with van der Waals surface area (Å²) in [4.78, 5) is 2.33. The predicted octanol–water partition coefficient (Wildman–Crippen LogP) is 2.00. The van der Waals surface area contributed by atoms with E-state index in [4.69, 9.17) is 4.74 Å². The topological polar surface area (TPSA) is 50.3 Å². The lowest BCUT2D eigenvalue weighted by molar-refractivity contribution is 0.221. The van der Waals surface area contributed by atoms with Crippen LogP contribution in [0.15, 0.2) is 0 Å². The van der Waals surface area contributed by atoms with Gasteiger partial charge in [0.15, 0.2) is 0 Å². The molecular formula is C13H26N4OS. The number of likely N-dealkylation sites (N-methyl/N-ethyl adjacent to an activating group) is 1. The Bertz CT molecular complexity index is 339. The van der Waals surface area contributed by atoms with Gasteiger partial charge in [-0.05, 0) is 25.6 Å². The molecule has 1 heterocycles. The number of hydrogen-bond acceptors (Lipinski definition) is 6. The summed E-state index contributed by atoms with van der Waals surface area (Å²) in [6.45, 7) is 14.2. The smallest absolute Gasteiger partial charge is 0.294 e. The minimum Gasteiger partial charge on any atom is -0.468 e. The van der Waals surface area contributed by atoms with Crippen molar-refractivity contribution in [3.63, 3.8) is 0 Å². The molecule has 0 saturated heterocycles. The Morgan fingerprint density at radius 1 is 1.26 bits per heavy atom. The van der Waals surface area contributed by atoms with Crippen molar-refractivity contribution in [3.8, 4) is 5.19 Å². The van der Waals surface area contributed by atoms with Crippen molar-refractivity contribution in [2.75, 3.05) is 32.8 Å². The van der Waals surface area contributed by atoms with Gasteiger partial charge >= 0.3 is 0 Å². The molecule has 110 valence electrons. The lowest BCUT2D eigenvalue weighted by atomic mass is 10.2. The second-order valence-electron chi connectivity index (χ2n) is 4.86. The maximum atomic E-state index is 5.62. The van der Waals surface area contributed by atoms with E-state index in [0.29, 0.717) is 17.7 Å². The van der Waals surface area contributed by atoms with Crippen molar-refractivity contribution < 1.29 is 4.74 Å². The van der Waals surface area contributed by atoms with E-state index < -0.39 is 0 Å². The Labute approximate surface area is 120 Å². The fourth-order valence-corrected chi connectivity index (χ4v) is 2.32. The van der Waals surface area contributed by atoms with Crippen molar-refractivity contribution in [3.05, 3.63) is 5.01 Å². The first kappa shape index (κ1) is 16.3. The maximum Gasteiger partial charge on any atom is 0.294 e. The van der Waals surface area contributed by atoms with Crippen LogP contribution in [0.5, 0.6) is 5.19 Å². The quantitative estimate of drug-likeness (QED) is 0.713. The Morgan fingerprint density at radius 3 is 2.63 bits per heavy atom. The molecule has 1 aromatic rings. The molecule has 0 atom stereocenters. The standard InChI is InChI=1S/C13H26N4OS/c1-5-17(6-2)7-8-18-13-16-15-12(19-13)10-14-9-11(3)4/h11,14H,5-10H2,1-4H3.